The van der Waals surface area contributed by atoms with Crippen molar-refractivity contribution >= 4 is 17.3 Å². The zero-order chi connectivity index (χ0) is 19.3. The van der Waals surface area contributed by atoms with Gasteiger partial charge in [-0.25, -0.2) is 4.98 Å². The van der Waals surface area contributed by atoms with Crippen LogP contribution >= 0.6 is 0 Å². The maximum Gasteiger partial charge on any atom is 0.259 e. The van der Waals surface area contributed by atoms with Crippen LogP contribution in [0.15, 0.2) is 48.7 Å². The lowest BCUT2D eigenvalue weighted by Gasteiger charge is -2.34. The summed E-state index contributed by atoms with van der Waals surface area (Å²) in [4.78, 5) is 20.2. The third-order valence-electron chi connectivity index (χ3n) is 5.38. The average Bonchev–Trinajstić information content (AvgIpc) is 3.21. The van der Waals surface area contributed by atoms with Crippen molar-refractivity contribution in [1.29, 1.82) is 0 Å². The summed E-state index contributed by atoms with van der Waals surface area (Å²) in [5, 5.41) is 0. The molecule has 1 fully saturated rings. The van der Waals surface area contributed by atoms with Crippen LogP contribution in [0.2, 0.25) is 0 Å². The number of carbonyl (C=O) groups excluding carboxylic acids is 1. The van der Waals surface area contributed by atoms with Gasteiger partial charge in [0.1, 0.15) is 5.82 Å². The average molecular weight is 378 g/mol. The number of anilines is 1. The van der Waals surface area contributed by atoms with Gasteiger partial charge < -0.3 is 9.47 Å². The number of amides is 1. The van der Waals surface area contributed by atoms with Crippen molar-refractivity contribution in [3.63, 3.8) is 0 Å². The Morgan fingerprint density at radius 3 is 2.71 bits per heavy atom. The molecule has 0 unspecified atom stereocenters. The molecule has 0 spiro atoms. The fraction of sp³-hybridized carbons (Fsp3) is 0.391. The lowest BCUT2D eigenvalue weighted by molar-refractivity contribution is -0.114. The monoisotopic (exact) mass is 378 g/mol. The first-order valence-corrected chi connectivity index (χ1v) is 10.1. The first-order valence-electron chi connectivity index (χ1n) is 10.1. The molecule has 1 amide bonds. The van der Waals surface area contributed by atoms with Gasteiger partial charge in [-0.15, -0.1) is 0 Å². The molecule has 1 saturated carbocycles. The number of nitrogens with zero attached hydrogens (tertiary/aromatic N) is 2. The first kappa shape index (κ1) is 18.5. The predicted octanol–water partition coefficient (Wildman–Crippen LogP) is 4.97. The molecule has 0 N–H and O–H groups in total. The van der Waals surface area contributed by atoms with Gasteiger partial charge in [0, 0.05) is 17.8 Å². The van der Waals surface area contributed by atoms with Gasteiger partial charge in [0.15, 0.2) is 11.5 Å². The number of allylic oxidation sites excluding steroid dienone is 1. The molecular formula is C23H26N2O3. The van der Waals surface area contributed by atoms with E-state index in [0.717, 1.165) is 49.2 Å². The Hall–Kier alpha value is -2.82. The molecule has 1 aliphatic heterocycles. The summed E-state index contributed by atoms with van der Waals surface area (Å²) in [6, 6.07) is 11.6. The summed E-state index contributed by atoms with van der Waals surface area (Å²) in [7, 11) is 0. The molecule has 1 aliphatic carbocycles. The van der Waals surface area contributed by atoms with Crippen molar-refractivity contribution in [2.75, 3.05) is 11.7 Å². The summed E-state index contributed by atoms with van der Waals surface area (Å²) in [5.74, 6) is 2.14. The molecule has 1 aromatic carbocycles. The van der Waals surface area contributed by atoms with Crippen LogP contribution in [-0.2, 0) is 4.79 Å². The number of ether oxygens (including phenoxy) is 2. The second-order valence-electron chi connectivity index (χ2n) is 7.25. The number of hydrogen-bond acceptors (Lipinski definition) is 4. The Morgan fingerprint density at radius 2 is 1.96 bits per heavy atom. The highest BCUT2D eigenvalue weighted by molar-refractivity contribution is 6.26. The van der Waals surface area contributed by atoms with Crippen molar-refractivity contribution in [2.45, 2.75) is 51.5 Å². The lowest BCUT2D eigenvalue weighted by atomic mass is 9.92. The van der Waals surface area contributed by atoms with E-state index in [4.69, 9.17) is 9.47 Å². The molecule has 2 heterocycles. The maximum atomic E-state index is 13.8. The number of rotatable bonds is 5. The minimum atomic E-state index is 0.00585. The highest BCUT2D eigenvalue weighted by atomic mass is 16.7. The normalized spacial score (nSPS) is 16.8. The number of hydrogen-bond donors (Lipinski definition) is 0. The van der Waals surface area contributed by atoms with Crippen molar-refractivity contribution < 1.29 is 14.3 Å². The van der Waals surface area contributed by atoms with E-state index in [1.807, 2.05) is 54.3 Å². The molecular weight excluding hydrogens is 352 g/mol. The second kappa shape index (κ2) is 8.46. The highest BCUT2D eigenvalue weighted by Crippen LogP contribution is 2.36. The van der Waals surface area contributed by atoms with Crippen LogP contribution in [0.5, 0.6) is 11.5 Å². The van der Waals surface area contributed by atoms with Crippen LogP contribution in [0.1, 0.15) is 51.0 Å². The topological polar surface area (TPSA) is 51.7 Å². The van der Waals surface area contributed by atoms with Crippen LogP contribution in [0.3, 0.4) is 0 Å². The molecule has 28 heavy (non-hydrogen) atoms. The van der Waals surface area contributed by atoms with Gasteiger partial charge in [0.05, 0.1) is 0 Å². The molecule has 5 heteroatoms. The minimum Gasteiger partial charge on any atom is -0.454 e. The largest absolute Gasteiger partial charge is 0.454 e. The van der Waals surface area contributed by atoms with Crippen molar-refractivity contribution in [3.8, 4) is 11.5 Å². The molecule has 4 rings (SSSR count). The summed E-state index contributed by atoms with van der Waals surface area (Å²) >= 11 is 0. The van der Waals surface area contributed by atoms with Gasteiger partial charge in [-0.3, -0.25) is 9.69 Å². The minimum absolute atomic E-state index is 0.00585. The van der Waals surface area contributed by atoms with Gasteiger partial charge in [-0.2, -0.15) is 0 Å². The smallest absolute Gasteiger partial charge is 0.259 e. The summed E-state index contributed by atoms with van der Waals surface area (Å²) in [6.07, 6.45) is 10.1. The molecule has 1 aromatic heterocycles. The quantitative estimate of drug-likeness (QED) is 0.689. The molecule has 2 aromatic rings. The van der Waals surface area contributed by atoms with Gasteiger partial charge in [-0.05, 0) is 49.1 Å². The van der Waals surface area contributed by atoms with Crippen LogP contribution in [0.25, 0.3) is 5.57 Å². The molecule has 146 valence electrons. The summed E-state index contributed by atoms with van der Waals surface area (Å²) in [5.41, 5.74) is 1.55. The van der Waals surface area contributed by atoms with E-state index < -0.39 is 0 Å². The Morgan fingerprint density at radius 1 is 1.14 bits per heavy atom. The van der Waals surface area contributed by atoms with Crippen LogP contribution in [0.4, 0.5) is 5.82 Å². The van der Waals surface area contributed by atoms with Gasteiger partial charge in [-0.1, -0.05) is 44.4 Å². The third kappa shape index (κ3) is 3.75. The Kier molecular flexibility index (Phi) is 5.60. The zero-order valence-corrected chi connectivity index (χ0v) is 16.3. The fourth-order valence-corrected chi connectivity index (χ4v) is 4.02. The first-order chi connectivity index (χ1) is 13.8. The number of benzene rings is 1. The standard InChI is InChI=1S/C23H26N2O3/c1-2-8-19(17-12-13-20-21(15-17)28-16-27-20)23(26)25(18-9-4-3-5-10-18)22-11-6-7-14-24-22/h6-8,11-15,18H,2-5,9-10,16H2,1H3/b19-8+. The summed E-state index contributed by atoms with van der Waals surface area (Å²) < 4.78 is 10.9. The molecule has 0 radical (unpaired) electrons. The second-order valence-corrected chi connectivity index (χ2v) is 7.25. The van der Waals surface area contributed by atoms with E-state index in [-0.39, 0.29) is 18.7 Å². The van der Waals surface area contributed by atoms with Crippen LogP contribution in [0, 0.1) is 0 Å². The van der Waals surface area contributed by atoms with Gasteiger partial charge in [0.25, 0.3) is 5.91 Å². The highest BCUT2D eigenvalue weighted by Gasteiger charge is 2.30. The molecule has 0 atom stereocenters. The van der Waals surface area contributed by atoms with E-state index in [1.165, 1.54) is 6.42 Å². The van der Waals surface area contributed by atoms with E-state index in [2.05, 4.69) is 4.98 Å². The van der Waals surface area contributed by atoms with Crippen LogP contribution < -0.4 is 14.4 Å². The van der Waals surface area contributed by atoms with E-state index in [1.54, 1.807) is 6.20 Å². The van der Waals surface area contributed by atoms with Gasteiger partial charge in [0.2, 0.25) is 6.79 Å². The molecule has 5 nitrogen and oxygen atoms in total. The Labute approximate surface area is 166 Å². The van der Waals surface area contributed by atoms with Gasteiger partial charge >= 0.3 is 0 Å². The predicted molar refractivity (Wildman–Crippen MR) is 109 cm³/mol. The number of aromatic nitrogens is 1. The summed E-state index contributed by atoms with van der Waals surface area (Å²) in [6.45, 7) is 2.27. The van der Waals surface area contributed by atoms with E-state index in [0.29, 0.717) is 11.3 Å². The van der Waals surface area contributed by atoms with E-state index >= 15 is 0 Å². The van der Waals surface area contributed by atoms with Crippen molar-refractivity contribution in [3.05, 3.63) is 54.2 Å². The molecule has 2 aliphatic rings. The Balaban J connectivity index is 1.71. The van der Waals surface area contributed by atoms with Crippen molar-refractivity contribution in [1.82, 2.24) is 4.98 Å². The lowest BCUT2D eigenvalue weighted by Crippen LogP contribution is -2.42. The number of carbonyl (C=O) groups is 1. The Bertz CT molecular complexity index is 857. The maximum absolute atomic E-state index is 13.8. The number of fused-ring (bicyclic) bond motifs is 1. The third-order valence-corrected chi connectivity index (χ3v) is 5.38. The molecule has 0 bridgehead atoms. The SMILES string of the molecule is CC/C=C(/C(=O)N(c1ccccn1)C1CCCCC1)c1ccc2c(c1)OCO2. The molecule has 0 saturated heterocycles. The van der Waals surface area contributed by atoms with Crippen LogP contribution in [-0.4, -0.2) is 23.7 Å². The fourth-order valence-electron chi connectivity index (χ4n) is 4.02. The number of pyridine rings is 1. The van der Waals surface area contributed by atoms with E-state index in [9.17, 15) is 4.79 Å². The van der Waals surface area contributed by atoms with Crippen molar-refractivity contribution in [2.24, 2.45) is 0 Å². The zero-order valence-electron chi connectivity index (χ0n) is 16.3.